The molecule has 1 amide bonds. The fourth-order valence-corrected chi connectivity index (χ4v) is 4.07. The lowest BCUT2D eigenvalue weighted by Crippen LogP contribution is -2.29. The highest BCUT2D eigenvalue weighted by Crippen LogP contribution is 2.33. The predicted molar refractivity (Wildman–Crippen MR) is 117 cm³/mol. The van der Waals surface area contributed by atoms with Crippen LogP contribution in [0.1, 0.15) is 25.3 Å². The Hall–Kier alpha value is -2.23. The number of thiocarbonyl (C=S) groups is 1. The monoisotopic (exact) mass is 418 g/mol. The van der Waals surface area contributed by atoms with Crippen LogP contribution in [-0.2, 0) is 9.53 Å². The van der Waals surface area contributed by atoms with Crippen molar-refractivity contribution in [3.05, 3.63) is 45.2 Å². The van der Waals surface area contributed by atoms with Gasteiger partial charge < -0.3 is 10.1 Å². The summed E-state index contributed by atoms with van der Waals surface area (Å²) in [5.74, 6) is 0.260. The summed E-state index contributed by atoms with van der Waals surface area (Å²) in [6, 6.07) is 5.35. The van der Waals surface area contributed by atoms with E-state index in [9.17, 15) is 9.59 Å². The first kappa shape index (κ1) is 20.5. The number of fused-ring (bicyclic) bond motifs is 1. The number of nitrogens with one attached hydrogen (secondary N) is 1. The molecule has 1 fully saturated rings. The number of methoxy groups -OCH3 is 1. The number of anilines is 1. The van der Waals surface area contributed by atoms with Gasteiger partial charge in [-0.3, -0.25) is 18.9 Å². The molecule has 0 saturated carbocycles. The van der Waals surface area contributed by atoms with Crippen molar-refractivity contribution in [3.8, 4) is 0 Å². The van der Waals surface area contributed by atoms with E-state index >= 15 is 0 Å². The van der Waals surface area contributed by atoms with Crippen LogP contribution in [0.25, 0.3) is 11.7 Å². The number of pyridine rings is 1. The van der Waals surface area contributed by atoms with Crippen molar-refractivity contribution in [1.29, 1.82) is 0 Å². The van der Waals surface area contributed by atoms with E-state index < -0.39 is 0 Å². The van der Waals surface area contributed by atoms with Crippen molar-refractivity contribution in [3.63, 3.8) is 0 Å². The molecule has 0 aromatic carbocycles. The molecule has 0 aliphatic carbocycles. The van der Waals surface area contributed by atoms with Crippen LogP contribution in [0, 0.1) is 0 Å². The second kappa shape index (κ2) is 9.31. The van der Waals surface area contributed by atoms with Crippen molar-refractivity contribution < 1.29 is 9.53 Å². The van der Waals surface area contributed by atoms with E-state index in [0.29, 0.717) is 46.0 Å². The zero-order chi connectivity index (χ0) is 20.1. The van der Waals surface area contributed by atoms with E-state index in [2.05, 4.69) is 17.2 Å². The molecule has 1 aliphatic heterocycles. The van der Waals surface area contributed by atoms with Gasteiger partial charge in [-0.2, -0.15) is 0 Å². The fourth-order valence-electron chi connectivity index (χ4n) is 2.78. The van der Waals surface area contributed by atoms with Crippen LogP contribution < -0.4 is 10.9 Å². The Morgan fingerprint density at radius 3 is 2.93 bits per heavy atom. The van der Waals surface area contributed by atoms with Crippen LogP contribution in [0.4, 0.5) is 5.82 Å². The Morgan fingerprint density at radius 1 is 1.36 bits per heavy atom. The maximum atomic E-state index is 13.1. The Labute approximate surface area is 172 Å². The largest absolute Gasteiger partial charge is 0.383 e. The minimum atomic E-state index is -0.246. The molecular weight excluding hydrogens is 396 g/mol. The Bertz CT molecular complexity index is 987. The van der Waals surface area contributed by atoms with Gasteiger partial charge in [0.2, 0.25) is 0 Å². The number of aromatic nitrogens is 2. The highest BCUT2D eigenvalue weighted by Gasteiger charge is 2.32. The predicted octanol–water partition coefficient (Wildman–Crippen LogP) is 2.75. The summed E-state index contributed by atoms with van der Waals surface area (Å²) in [5.41, 5.74) is 0.611. The van der Waals surface area contributed by atoms with Gasteiger partial charge >= 0.3 is 0 Å². The van der Waals surface area contributed by atoms with E-state index in [-0.39, 0.29) is 11.5 Å². The summed E-state index contributed by atoms with van der Waals surface area (Å²) in [6.45, 7) is 3.61. The van der Waals surface area contributed by atoms with E-state index in [1.807, 2.05) is 6.07 Å². The Morgan fingerprint density at radius 2 is 2.18 bits per heavy atom. The smallest absolute Gasteiger partial charge is 0.267 e. The number of nitrogens with zero attached hydrogens (tertiary/aromatic N) is 3. The zero-order valence-corrected chi connectivity index (χ0v) is 17.4. The molecular formula is C19H22N4O3S2. The molecule has 3 heterocycles. The molecule has 1 saturated heterocycles. The standard InChI is InChI=1S/C19H22N4O3S2/c1-3-4-9-23-18(25)14(28-19(23)27)12-13-16(20-8-11-26-2)21-15-7-5-6-10-22(15)17(13)24/h5-7,10,12,20H,3-4,8-9,11H2,1-2H3. The van der Waals surface area contributed by atoms with Crippen LogP contribution in [0.15, 0.2) is 34.1 Å². The lowest BCUT2D eigenvalue weighted by atomic mass is 10.2. The lowest BCUT2D eigenvalue weighted by molar-refractivity contribution is -0.122. The van der Waals surface area contributed by atoms with Gasteiger partial charge in [-0.1, -0.05) is 43.4 Å². The first-order chi connectivity index (χ1) is 13.6. The van der Waals surface area contributed by atoms with Gasteiger partial charge in [-0.05, 0) is 24.6 Å². The first-order valence-corrected chi connectivity index (χ1v) is 10.3. The average molecular weight is 419 g/mol. The van der Waals surface area contributed by atoms with Gasteiger partial charge in [0.05, 0.1) is 17.1 Å². The number of amides is 1. The molecule has 0 spiro atoms. The van der Waals surface area contributed by atoms with Gasteiger partial charge in [0.15, 0.2) is 0 Å². The van der Waals surface area contributed by atoms with Gasteiger partial charge in [-0.25, -0.2) is 4.98 Å². The molecule has 28 heavy (non-hydrogen) atoms. The number of carbonyl (C=O) groups excluding carboxylic acids is 1. The molecule has 1 N–H and O–H groups in total. The molecule has 0 atom stereocenters. The number of rotatable bonds is 8. The van der Waals surface area contributed by atoms with Crippen LogP contribution in [0.2, 0.25) is 0 Å². The summed E-state index contributed by atoms with van der Waals surface area (Å²) < 4.78 is 7.05. The van der Waals surface area contributed by atoms with E-state index in [0.717, 1.165) is 12.8 Å². The van der Waals surface area contributed by atoms with Crippen LogP contribution in [0.3, 0.4) is 0 Å². The molecule has 1 aliphatic rings. The third-order valence-corrected chi connectivity index (χ3v) is 5.63. The summed E-state index contributed by atoms with van der Waals surface area (Å²) >= 11 is 6.57. The Kier molecular flexibility index (Phi) is 6.82. The fraction of sp³-hybridized carbons (Fsp3) is 0.368. The van der Waals surface area contributed by atoms with Crippen LogP contribution in [-0.4, -0.2) is 51.3 Å². The first-order valence-electron chi connectivity index (χ1n) is 9.06. The average Bonchev–Trinajstić information content (AvgIpc) is 2.96. The van der Waals surface area contributed by atoms with Crippen LogP contribution >= 0.6 is 24.0 Å². The van der Waals surface area contributed by atoms with Crippen molar-refractivity contribution in [2.75, 3.05) is 32.1 Å². The molecule has 0 radical (unpaired) electrons. The van der Waals surface area contributed by atoms with E-state index in [4.69, 9.17) is 17.0 Å². The van der Waals surface area contributed by atoms with Crippen molar-refractivity contribution in [2.24, 2.45) is 0 Å². The molecule has 2 aromatic heterocycles. The number of hydrogen-bond donors (Lipinski definition) is 1. The molecule has 7 nitrogen and oxygen atoms in total. The topological polar surface area (TPSA) is 75.9 Å². The number of hydrogen-bond acceptors (Lipinski definition) is 7. The molecule has 148 valence electrons. The quantitative estimate of drug-likeness (QED) is 0.401. The summed E-state index contributed by atoms with van der Waals surface area (Å²) in [5, 5.41) is 3.13. The second-order valence-electron chi connectivity index (χ2n) is 6.21. The van der Waals surface area contributed by atoms with E-state index in [1.165, 1.54) is 16.2 Å². The molecule has 9 heteroatoms. The second-order valence-corrected chi connectivity index (χ2v) is 7.89. The number of unbranched alkanes of at least 4 members (excludes halogenated alkanes) is 1. The molecule has 0 unspecified atom stereocenters. The van der Waals surface area contributed by atoms with Gasteiger partial charge in [-0.15, -0.1) is 0 Å². The summed E-state index contributed by atoms with van der Waals surface area (Å²) in [7, 11) is 1.60. The number of ether oxygens (including phenoxy) is 1. The highest BCUT2D eigenvalue weighted by atomic mass is 32.2. The van der Waals surface area contributed by atoms with Crippen LogP contribution in [0.5, 0.6) is 0 Å². The zero-order valence-electron chi connectivity index (χ0n) is 15.8. The third kappa shape index (κ3) is 4.26. The van der Waals surface area contributed by atoms with E-state index in [1.54, 1.807) is 36.4 Å². The van der Waals surface area contributed by atoms with Gasteiger partial charge in [0.25, 0.3) is 11.5 Å². The maximum absolute atomic E-state index is 13.1. The number of carbonyl (C=O) groups is 1. The Balaban J connectivity index is 2.03. The third-order valence-electron chi connectivity index (χ3n) is 4.25. The van der Waals surface area contributed by atoms with Gasteiger partial charge in [0.1, 0.15) is 15.8 Å². The minimum absolute atomic E-state index is 0.163. The van der Waals surface area contributed by atoms with Crippen molar-refractivity contribution in [2.45, 2.75) is 19.8 Å². The number of thioether (sulfide) groups is 1. The summed E-state index contributed by atoms with van der Waals surface area (Å²) in [4.78, 5) is 32.4. The van der Waals surface area contributed by atoms with Gasteiger partial charge in [0, 0.05) is 26.4 Å². The minimum Gasteiger partial charge on any atom is -0.383 e. The molecule has 3 rings (SSSR count). The summed E-state index contributed by atoms with van der Waals surface area (Å²) in [6.07, 6.45) is 5.10. The molecule has 0 bridgehead atoms. The highest BCUT2D eigenvalue weighted by molar-refractivity contribution is 8.26. The molecule has 2 aromatic rings. The lowest BCUT2D eigenvalue weighted by Gasteiger charge is -2.13. The SMILES string of the molecule is CCCCN1C(=O)C(=Cc2c(NCCOC)nc3ccccn3c2=O)SC1=S. The van der Waals surface area contributed by atoms with Crippen molar-refractivity contribution >= 4 is 51.7 Å². The normalized spacial score (nSPS) is 15.8. The maximum Gasteiger partial charge on any atom is 0.267 e. The van der Waals surface area contributed by atoms with Crippen molar-refractivity contribution in [1.82, 2.24) is 14.3 Å².